The fourth-order valence-electron chi connectivity index (χ4n) is 1.84. The minimum Gasteiger partial charge on any atom is -0.377 e. The van der Waals surface area contributed by atoms with Gasteiger partial charge in [-0.3, -0.25) is 0 Å². The third-order valence-corrected chi connectivity index (χ3v) is 3.72. The molecule has 1 fully saturated rings. The Morgan fingerprint density at radius 1 is 1.50 bits per heavy atom. The Hall–Kier alpha value is -1.64. The van der Waals surface area contributed by atoms with Crippen molar-refractivity contribution in [3.8, 4) is 6.07 Å². The highest BCUT2D eigenvalue weighted by atomic mass is 32.1. The van der Waals surface area contributed by atoms with E-state index in [1.54, 1.807) is 0 Å². The standard InChI is InChI=1S/C11H9N3OS/c12-4-11(5-15-6-11)7-1-2-8-9(3-7)16-10(13)14-8/h1-3H,5-6H2,(H2,13,14). The topological polar surface area (TPSA) is 71.9 Å². The summed E-state index contributed by atoms with van der Waals surface area (Å²) in [6, 6.07) is 8.18. The number of thiazole rings is 1. The lowest BCUT2D eigenvalue weighted by Crippen LogP contribution is -2.45. The van der Waals surface area contributed by atoms with E-state index in [9.17, 15) is 5.26 Å². The number of rotatable bonds is 1. The molecule has 2 heterocycles. The number of nitrogens with zero attached hydrogens (tertiary/aromatic N) is 2. The smallest absolute Gasteiger partial charge is 0.181 e. The predicted octanol–water partition coefficient (Wildman–Crippen LogP) is 1.67. The number of benzene rings is 1. The Labute approximate surface area is 96.3 Å². The van der Waals surface area contributed by atoms with Crippen LogP contribution in [0.25, 0.3) is 10.2 Å². The normalized spacial score (nSPS) is 17.9. The number of aromatic nitrogens is 1. The molecule has 3 rings (SSSR count). The second kappa shape index (κ2) is 3.17. The zero-order valence-electron chi connectivity index (χ0n) is 8.43. The second-order valence-electron chi connectivity index (χ2n) is 3.92. The number of hydrogen-bond donors (Lipinski definition) is 1. The van der Waals surface area contributed by atoms with E-state index in [0.717, 1.165) is 15.8 Å². The number of nitriles is 1. The highest BCUT2D eigenvalue weighted by Gasteiger charge is 2.40. The maximum atomic E-state index is 9.20. The van der Waals surface area contributed by atoms with Crippen molar-refractivity contribution in [1.29, 1.82) is 5.26 Å². The maximum absolute atomic E-state index is 9.20. The summed E-state index contributed by atoms with van der Waals surface area (Å²) < 4.78 is 6.17. The van der Waals surface area contributed by atoms with Gasteiger partial charge in [-0.1, -0.05) is 17.4 Å². The molecule has 80 valence electrons. The van der Waals surface area contributed by atoms with Crippen LogP contribution in [0.5, 0.6) is 0 Å². The molecule has 0 aliphatic carbocycles. The quantitative estimate of drug-likeness (QED) is 0.810. The van der Waals surface area contributed by atoms with Gasteiger partial charge in [0, 0.05) is 0 Å². The van der Waals surface area contributed by atoms with E-state index in [1.807, 2.05) is 18.2 Å². The zero-order chi connectivity index (χ0) is 11.2. The van der Waals surface area contributed by atoms with Crippen molar-refractivity contribution in [3.05, 3.63) is 23.8 Å². The largest absolute Gasteiger partial charge is 0.377 e. The first-order valence-electron chi connectivity index (χ1n) is 4.89. The number of nitrogen functional groups attached to an aromatic ring is 1. The molecule has 0 unspecified atom stereocenters. The van der Waals surface area contributed by atoms with Gasteiger partial charge in [-0.25, -0.2) is 4.98 Å². The third kappa shape index (κ3) is 1.21. The molecule has 0 radical (unpaired) electrons. The summed E-state index contributed by atoms with van der Waals surface area (Å²) in [7, 11) is 0. The Morgan fingerprint density at radius 2 is 2.31 bits per heavy atom. The van der Waals surface area contributed by atoms with Gasteiger partial charge in [-0.15, -0.1) is 0 Å². The first-order valence-corrected chi connectivity index (χ1v) is 5.71. The zero-order valence-corrected chi connectivity index (χ0v) is 9.25. The third-order valence-electron chi connectivity index (χ3n) is 2.87. The van der Waals surface area contributed by atoms with Gasteiger partial charge in [-0.2, -0.15) is 5.26 Å². The first-order chi connectivity index (χ1) is 7.73. The van der Waals surface area contributed by atoms with Crippen LogP contribution in [0.2, 0.25) is 0 Å². The molecule has 1 aliphatic heterocycles. The van der Waals surface area contributed by atoms with Crippen molar-refractivity contribution < 1.29 is 4.74 Å². The van der Waals surface area contributed by atoms with Crippen molar-refractivity contribution >= 4 is 26.7 Å². The van der Waals surface area contributed by atoms with Gasteiger partial charge >= 0.3 is 0 Å². The molecule has 0 spiro atoms. The van der Waals surface area contributed by atoms with Crippen molar-refractivity contribution in [2.75, 3.05) is 18.9 Å². The predicted molar refractivity (Wildman–Crippen MR) is 62.1 cm³/mol. The monoisotopic (exact) mass is 231 g/mol. The van der Waals surface area contributed by atoms with Crippen LogP contribution < -0.4 is 5.73 Å². The Kier molecular flexibility index (Phi) is 1.90. The van der Waals surface area contributed by atoms with Crippen molar-refractivity contribution in [3.63, 3.8) is 0 Å². The van der Waals surface area contributed by atoms with Gasteiger partial charge in [0.05, 0.1) is 29.5 Å². The van der Waals surface area contributed by atoms with E-state index < -0.39 is 5.41 Å². The molecule has 5 heteroatoms. The van der Waals surface area contributed by atoms with Gasteiger partial charge in [-0.05, 0) is 17.7 Å². The number of fused-ring (bicyclic) bond motifs is 1. The highest BCUT2D eigenvalue weighted by molar-refractivity contribution is 7.22. The van der Waals surface area contributed by atoms with Crippen molar-refractivity contribution in [2.24, 2.45) is 0 Å². The molecule has 16 heavy (non-hydrogen) atoms. The van der Waals surface area contributed by atoms with Crippen LogP contribution in [-0.2, 0) is 10.2 Å². The van der Waals surface area contributed by atoms with Crippen LogP contribution in [0.1, 0.15) is 5.56 Å². The van der Waals surface area contributed by atoms with Crippen LogP contribution in [0.15, 0.2) is 18.2 Å². The van der Waals surface area contributed by atoms with E-state index >= 15 is 0 Å². The van der Waals surface area contributed by atoms with Crippen LogP contribution in [0.4, 0.5) is 5.13 Å². The van der Waals surface area contributed by atoms with Gasteiger partial charge in [0.25, 0.3) is 0 Å². The number of ether oxygens (including phenoxy) is 1. The number of nitrogens with two attached hydrogens (primary N) is 1. The highest BCUT2D eigenvalue weighted by Crippen LogP contribution is 2.35. The number of anilines is 1. The van der Waals surface area contributed by atoms with Crippen LogP contribution in [0, 0.1) is 11.3 Å². The molecule has 0 amide bonds. The van der Waals surface area contributed by atoms with E-state index in [1.165, 1.54) is 11.3 Å². The molecule has 1 aliphatic rings. The maximum Gasteiger partial charge on any atom is 0.181 e. The Bertz CT molecular complexity index is 595. The summed E-state index contributed by atoms with van der Waals surface area (Å²) in [4.78, 5) is 4.19. The molecule has 2 N–H and O–H groups in total. The molecule has 1 saturated heterocycles. The average Bonchev–Trinajstić information content (AvgIpc) is 2.56. The SMILES string of the molecule is N#CC1(c2ccc3nc(N)sc3c2)COC1. The first kappa shape index (κ1) is 9.58. The van der Waals surface area contributed by atoms with Crippen molar-refractivity contribution in [2.45, 2.75) is 5.41 Å². The lowest BCUT2D eigenvalue weighted by atomic mass is 9.80. The lowest BCUT2D eigenvalue weighted by molar-refractivity contribution is -0.0297. The Balaban J connectivity index is 2.15. The van der Waals surface area contributed by atoms with E-state index in [2.05, 4.69) is 11.1 Å². The minimum atomic E-state index is -0.465. The Morgan fingerprint density at radius 3 is 2.94 bits per heavy atom. The van der Waals surface area contributed by atoms with Crippen LogP contribution in [0.3, 0.4) is 0 Å². The fraction of sp³-hybridized carbons (Fsp3) is 0.273. The van der Waals surface area contributed by atoms with E-state index in [0.29, 0.717) is 18.3 Å². The van der Waals surface area contributed by atoms with Gasteiger partial charge in [0.15, 0.2) is 5.13 Å². The second-order valence-corrected chi connectivity index (χ2v) is 4.98. The molecule has 1 aromatic heterocycles. The summed E-state index contributed by atoms with van der Waals surface area (Å²) in [5.41, 5.74) is 7.07. The summed E-state index contributed by atoms with van der Waals surface area (Å²) in [5, 5.41) is 9.76. The minimum absolute atomic E-state index is 0.465. The molecule has 2 aromatic rings. The van der Waals surface area contributed by atoms with Crippen LogP contribution >= 0.6 is 11.3 Å². The molecular weight excluding hydrogens is 222 g/mol. The molecular formula is C11H9N3OS. The van der Waals surface area contributed by atoms with Gasteiger partial charge < -0.3 is 10.5 Å². The summed E-state index contributed by atoms with van der Waals surface area (Å²) in [5.74, 6) is 0. The summed E-state index contributed by atoms with van der Waals surface area (Å²) in [6.07, 6.45) is 0. The average molecular weight is 231 g/mol. The van der Waals surface area contributed by atoms with E-state index in [-0.39, 0.29) is 0 Å². The van der Waals surface area contributed by atoms with Crippen molar-refractivity contribution in [1.82, 2.24) is 4.98 Å². The summed E-state index contributed by atoms with van der Waals surface area (Å²) in [6.45, 7) is 0.951. The van der Waals surface area contributed by atoms with Gasteiger partial charge in [0.1, 0.15) is 5.41 Å². The van der Waals surface area contributed by atoms with E-state index in [4.69, 9.17) is 10.5 Å². The molecule has 0 atom stereocenters. The molecule has 0 bridgehead atoms. The fourth-order valence-corrected chi connectivity index (χ4v) is 2.62. The summed E-state index contributed by atoms with van der Waals surface area (Å²) >= 11 is 1.44. The van der Waals surface area contributed by atoms with Gasteiger partial charge in [0.2, 0.25) is 0 Å². The molecule has 4 nitrogen and oxygen atoms in total. The molecule has 1 aromatic carbocycles. The number of hydrogen-bond acceptors (Lipinski definition) is 5. The lowest BCUT2D eigenvalue weighted by Gasteiger charge is -2.35. The van der Waals surface area contributed by atoms with Crippen LogP contribution in [-0.4, -0.2) is 18.2 Å². The molecule has 0 saturated carbocycles.